The van der Waals surface area contributed by atoms with Crippen LogP contribution in [0.5, 0.6) is 0 Å². The number of fused-ring (bicyclic) bond motifs is 1. The molecule has 3 amide bonds. The van der Waals surface area contributed by atoms with E-state index in [2.05, 4.69) is 27.0 Å². The predicted octanol–water partition coefficient (Wildman–Crippen LogP) is 3.30. The van der Waals surface area contributed by atoms with Crippen LogP contribution in [0.4, 0.5) is 0 Å². The Morgan fingerprint density at radius 2 is 1.97 bits per heavy atom. The van der Waals surface area contributed by atoms with E-state index < -0.39 is 23.9 Å². The molecule has 1 saturated heterocycles. The molecule has 2 aliphatic rings. The zero-order valence-electron chi connectivity index (χ0n) is 17.9. The Labute approximate surface area is 201 Å². The monoisotopic (exact) mass is 489 g/mol. The lowest BCUT2D eigenvalue weighted by molar-refractivity contribution is -0.128. The molecule has 2 aromatic rings. The van der Waals surface area contributed by atoms with Crippen LogP contribution in [0.1, 0.15) is 49.0 Å². The highest BCUT2D eigenvalue weighted by molar-refractivity contribution is 6.45. The first-order valence-corrected chi connectivity index (χ1v) is 11.9. The van der Waals surface area contributed by atoms with Gasteiger partial charge in [-0.05, 0) is 43.7 Å². The molecule has 0 spiro atoms. The number of hydrogen-bond donors (Lipinski definition) is 4. The minimum Gasteiger partial charge on any atom is -0.356 e. The maximum atomic E-state index is 13.0. The van der Waals surface area contributed by atoms with Crippen LogP contribution in [0, 0.1) is 23.2 Å². The molecule has 0 bridgehead atoms. The smallest absolute Gasteiger partial charge is 0.268 e. The summed E-state index contributed by atoms with van der Waals surface area (Å²) in [5.41, 5.74) is 0.811. The van der Waals surface area contributed by atoms with Crippen molar-refractivity contribution >= 4 is 51.8 Å². The third-order valence-electron chi connectivity index (χ3n) is 6.21. The van der Waals surface area contributed by atoms with Crippen molar-refractivity contribution in [2.24, 2.45) is 11.8 Å². The maximum absolute atomic E-state index is 13.0. The van der Waals surface area contributed by atoms with Crippen LogP contribution in [-0.2, 0) is 9.59 Å². The molecule has 3 unspecified atom stereocenters. The van der Waals surface area contributed by atoms with Crippen LogP contribution in [0.2, 0.25) is 10.0 Å². The number of aromatic nitrogens is 1. The number of amides is 3. The summed E-state index contributed by atoms with van der Waals surface area (Å²) in [4.78, 5) is 40.9. The summed E-state index contributed by atoms with van der Waals surface area (Å²) in [6, 6.07) is 5.55. The van der Waals surface area contributed by atoms with Crippen molar-refractivity contribution in [1.82, 2.24) is 20.9 Å². The average molecular weight is 490 g/mol. The quantitative estimate of drug-likeness (QED) is 0.453. The first kappa shape index (κ1) is 23.4. The number of nitriles is 1. The van der Waals surface area contributed by atoms with Crippen LogP contribution in [-0.4, -0.2) is 41.3 Å². The molecule has 8 nitrogen and oxygen atoms in total. The zero-order chi connectivity index (χ0) is 23.5. The zero-order valence-corrected chi connectivity index (χ0v) is 19.4. The van der Waals surface area contributed by atoms with Crippen molar-refractivity contribution < 1.29 is 14.4 Å². The fourth-order valence-electron chi connectivity index (χ4n) is 4.18. The third-order valence-corrected chi connectivity index (χ3v) is 7.02. The highest BCUT2D eigenvalue weighted by Crippen LogP contribution is 2.34. The standard InChI is InChI=1S/C23H25Cl2N5O3/c24-16-6-5-13-10-18(29-20(13)19(16)25)23(33)30-17(8-12-3-4-12)22(32)28-15(11-26)9-14-2-1-7-27-21(14)31/h5-6,10,12,14-15,17,29H,1-4,7-9H2,(H,27,31)(H,28,32)(H,30,33). The van der Waals surface area contributed by atoms with E-state index in [-0.39, 0.29) is 23.9 Å². The van der Waals surface area contributed by atoms with Crippen molar-refractivity contribution in [2.75, 3.05) is 6.54 Å². The van der Waals surface area contributed by atoms with Gasteiger partial charge in [0.2, 0.25) is 11.8 Å². The van der Waals surface area contributed by atoms with Gasteiger partial charge in [0.25, 0.3) is 5.91 Å². The number of aromatic amines is 1. The second-order valence-electron chi connectivity index (χ2n) is 8.77. The Bertz CT molecular complexity index is 1120. The van der Waals surface area contributed by atoms with Gasteiger partial charge in [0.15, 0.2) is 0 Å². The first-order valence-electron chi connectivity index (χ1n) is 11.1. The molecule has 0 radical (unpaired) electrons. The Morgan fingerprint density at radius 3 is 2.67 bits per heavy atom. The Hall–Kier alpha value is -2.76. The molecule has 2 fully saturated rings. The molecule has 3 atom stereocenters. The Morgan fingerprint density at radius 1 is 1.18 bits per heavy atom. The van der Waals surface area contributed by atoms with Gasteiger partial charge in [-0.2, -0.15) is 5.26 Å². The van der Waals surface area contributed by atoms with Gasteiger partial charge in [-0.15, -0.1) is 0 Å². The van der Waals surface area contributed by atoms with Crippen molar-refractivity contribution in [2.45, 2.75) is 50.6 Å². The van der Waals surface area contributed by atoms with Gasteiger partial charge in [0.05, 0.1) is 21.6 Å². The van der Waals surface area contributed by atoms with Gasteiger partial charge in [-0.25, -0.2) is 0 Å². The summed E-state index contributed by atoms with van der Waals surface area (Å²) < 4.78 is 0. The Kier molecular flexibility index (Phi) is 7.11. The van der Waals surface area contributed by atoms with Gasteiger partial charge in [0, 0.05) is 17.8 Å². The molecule has 1 aromatic carbocycles. The fourth-order valence-corrected chi connectivity index (χ4v) is 4.55. The van der Waals surface area contributed by atoms with Gasteiger partial charge < -0.3 is 20.9 Å². The largest absolute Gasteiger partial charge is 0.356 e. The third kappa shape index (κ3) is 5.60. The van der Waals surface area contributed by atoms with Gasteiger partial charge in [-0.3, -0.25) is 14.4 Å². The molecule has 1 aromatic heterocycles. The van der Waals surface area contributed by atoms with Gasteiger partial charge >= 0.3 is 0 Å². The van der Waals surface area contributed by atoms with E-state index in [1.54, 1.807) is 18.2 Å². The van der Waals surface area contributed by atoms with Crippen molar-refractivity contribution in [3.05, 3.63) is 33.9 Å². The number of rotatable bonds is 8. The summed E-state index contributed by atoms with van der Waals surface area (Å²) in [7, 11) is 0. The summed E-state index contributed by atoms with van der Waals surface area (Å²) in [6.07, 6.45) is 4.29. The number of carbonyl (C=O) groups excluding carboxylic acids is 3. The molecule has 10 heteroatoms. The molecule has 2 heterocycles. The number of H-pyrrole nitrogens is 1. The lowest BCUT2D eigenvalue weighted by Gasteiger charge is -2.25. The van der Waals surface area contributed by atoms with E-state index in [0.717, 1.165) is 24.6 Å². The lowest BCUT2D eigenvalue weighted by atomic mass is 9.92. The molecular formula is C23H25Cl2N5O3. The Balaban J connectivity index is 1.44. The highest BCUT2D eigenvalue weighted by Gasteiger charge is 2.33. The number of benzene rings is 1. The number of nitrogens with zero attached hydrogens (tertiary/aromatic N) is 1. The predicted molar refractivity (Wildman–Crippen MR) is 125 cm³/mol. The number of piperidine rings is 1. The summed E-state index contributed by atoms with van der Waals surface area (Å²) >= 11 is 12.3. The minimum atomic E-state index is -0.807. The van der Waals surface area contributed by atoms with Crippen LogP contribution in [0.25, 0.3) is 10.9 Å². The lowest BCUT2D eigenvalue weighted by Crippen LogP contribution is -2.50. The molecule has 4 rings (SSSR count). The van der Waals surface area contributed by atoms with E-state index in [9.17, 15) is 19.6 Å². The highest BCUT2D eigenvalue weighted by atomic mass is 35.5. The van der Waals surface area contributed by atoms with E-state index in [4.69, 9.17) is 23.2 Å². The van der Waals surface area contributed by atoms with Gasteiger partial charge in [-0.1, -0.05) is 42.1 Å². The van der Waals surface area contributed by atoms with Gasteiger partial charge in [0.1, 0.15) is 17.8 Å². The van der Waals surface area contributed by atoms with E-state index >= 15 is 0 Å². The number of nitrogens with one attached hydrogen (secondary N) is 4. The summed E-state index contributed by atoms with van der Waals surface area (Å²) in [5, 5.41) is 19.3. The summed E-state index contributed by atoms with van der Waals surface area (Å²) in [6.45, 7) is 0.638. The topological polar surface area (TPSA) is 127 Å². The van der Waals surface area contributed by atoms with Crippen LogP contribution < -0.4 is 16.0 Å². The SMILES string of the molecule is N#CC(CC1CCCNC1=O)NC(=O)C(CC1CC1)NC(=O)c1cc2ccc(Cl)c(Cl)c2[nH]1. The number of halogens is 2. The molecule has 1 saturated carbocycles. The van der Waals surface area contributed by atoms with Crippen molar-refractivity contribution in [3.8, 4) is 6.07 Å². The molecule has 4 N–H and O–H groups in total. The van der Waals surface area contributed by atoms with Crippen LogP contribution in [0.15, 0.2) is 18.2 Å². The number of carbonyl (C=O) groups is 3. The molecule has 1 aliphatic heterocycles. The minimum absolute atomic E-state index is 0.0869. The van der Waals surface area contributed by atoms with E-state index in [1.807, 2.05) is 0 Å². The number of hydrogen-bond acceptors (Lipinski definition) is 4. The molecule has 1 aliphatic carbocycles. The molecule has 174 valence electrons. The second-order valence-corrected chi connectivity index (χ2v) is 9.56. The van der Waals surface area contributed by atoms with E-state index in [1.165, 1.54) is 0 Å². The van der Waals surface area contributed by atoms with Crippen LogP contribution in [0.3, 0.4) is 0 Å². The fraction of sp³-hybridized carbons (Fsp3) is 0.478. The normalized spacial score (nSPS) is 19.9. The van der Waals surface area contributed by atoms with Crippen molar-refractivity contribution in [1.29, 1.82) is 5.26 Å². The van der Waals surface area contributed by atoms with Crippen LogP contribution >= 0.6 is 23.2 Å². The second kappa shape index (κ2) is 10.0. The maximum Gasteiger partial charge on any atom is 0.268 e. The summed E-state index contributed by atoms with van der Waals surface area (Å²) in [5.74, 6) is -0.893. The first-order chi connectivity index (χ1) is 15.9. The van der Waals surface area contributed by atoms with E-state index in [0.29, 0.717) is 40.9 Å². The molecule has 33 heavy (non-hydrogen) atoms. The van der Waals surface area contributed by atoms with Crippen molar-refractivity contribution in [3.63, 3.8) is 0 Å². The molecular weight excluding hydrogens is 465 g/mol. The average Bonchev–Trinajstić information content (AvgIpc) is 3.51.